The van der Waals surface area contributed by atoms with Gasteiger partial charge in [-0.15, -0.1) is 0 Å². The van der Waals surface area contributed by atoms with Gasteiger partial charge in [0.05, 0.1) is 7.11 Å². The Morgan fingerprint density at radius 1 is 0.974 bits per heavy atom. The van der Waals surface area contributed by atoms with Gasteiger partial charge in [0.2, 0.25) is 11.8 Å². The van der Waals surface area contributed by atoms with Crippen molar-refractivity contribution >= 4 is 23.9 Å². The van der Waals surface area contributed by atoms with E-state index >= 15 is 0 Å². The highest BCUT2D eigenvalue weighted by atomic mass is 16.6. The Morgan fingerprint density at radius 3 is 1.97 bits per heavy atom. The topological polar surface area (TPSA) is 114 Å². The van der Waals surface area contributed by atoms with Crippen LogP contribution in [0.4, 0.5) is 4.79 Å². The van der Waals surface area contributed by atoms with Gasteiger partial charge in [0.25, 0.3) is 0 Å². The zero-order valence-corrected chi connectivity index (χ0v) is 25.0. The molecule has 0 bridgehead atoms. The highest BCUT2D eigenvalue weighted by Gasteiger charge is 2.44. The predicted molar refractivity (Wildman–Crippen MR) is 148 cm³/mol. The molecule has 3 unspecified atom stereocenters. The summed E-state index contributed by atoms with van der Waals surface area (Å²) < 4.78 is 10.1. The van der Waals surface area contributed by atoms with E-state index in [1.807, 2.05) is 66.7 Å². The minimum absolute atomic E-state index is 0.247. The van der Waals surface area contributed by atoms with Gasteiger partial charge in [0, 0.05) is 5.54 Å². The maximum absolute atomic E-state index is 14.4. The number of carbonyl (C=O) groups is 4. The van der Waals surface area contributed by atoms with Crippen LogP contribution in [0.1, 0.15) is 91.0 Å². The van der Waals surface area contributed by atoms with Gasteiger partial charge >= 0.3 is 12.1 Å². The number of amides is 3. The number of benzene rings is 1. The fourth-order valence-electron chi connectivity index (χ4n) is 4.13. The van der Waals surface area contributed by atoms with E-state index in [2.05, 4.69) is 10.6 Å². The van der Waals surface area contributed by atoms with Crippen LogP contribution >= 0.6 is 0 Å². The molecule has 9 heteroatoms. The lowest BCUT2D eigenvalue weighted by Gasteiger charge is -2.45. The Morgan fingerprint density at radius 2 is 1.53 bits per heavy atom. The van der Waals surface area contributed by atoms with Crippen LogP contribution in [-0.4, -0.2) is 59.6 Å². The number of methoxy groups -OCH3 is 1. The van der Waals surface area contributed by atoms with Crippen molar-refractivity contribution in [2.75, 3.05) is 13.7 Å². The fraction of sp³-hybridized carbons (Fsp3) is 0.655. The first-order chi connectivity index (χ1) is 17.5. The zero-order chi connectivity index (χ0) is 29.4. The fourth-order valence-corrected chi connectivity index (χ4v) is 4.13. The summed E-state index contributed by atoms with van der Waals surface area (Å²) in [5.74, 6) is -1.78. The number of nitrogens with one attached hydrogen (secondary N) is 2. The summed E-state index contributed by atoms with van der Waals surface area (Å²) in [7, 11) is 1.24. The van der Waals surface area contributed by atoms with Gasteiger partial charge in [0.15, 0.2) is 0 Å². The summed E-state index contributed by atoms with van der Waals surface area (Å²) in [6.07, 6.45) is 0.433. The molecule has 0 aliphatic rings. The number of hydrogen-bond donors (Lipinski definition) is 2. The molecule has 38 heavy (non-hydrogen) atoms. The maximum Gasteiger partial charge on any atom is 0.408 e. The molecule has 0 saturated heterocycles. The molecule has 0 spiro atoms. The molecule has 3 amide bonds. The second-order valence-electron chi connectivity index (χ2n) is 11.5. The molecule has 0 aliphatic carbocycles. The molecule has 0 heterocycles. The lowest BCUT2D eigenvalue weighted by molar-refractivity contribution is -0.151. The Bertz CT molecular complexity index is 978. The third-order valence-electron chi connectivity index (χ3n) is 6.61. The molecule has 0 radical (unpaired) electrons. The van der Waals surface area contributed by atoms with E-state index in [1.165, 1.54) is 7.11 Å². The molecular weight excluding hydrogens is 486 g/mol. The van der Waals surface area contributed by atoms with Crippen molar-refractivity contribution in [1.29, 1.82) is 0 Å². The Balaban J connectivity index is 3.73. The summed E-state index contributed by atoms with van der Waals surface area (Å²) in [5, 5.41) is 5.41. The molecule has 3 atom stereocenters. The van der Waals surface area contributed by atoms with Gasteiger partial charge in [0.1, 0.15) is 24.2 Å². The number of alkyl carbamates (subject to hydrolysis) is 1. The van der Waals surface area contributed by atoms with Crippen LogP contribution in [-0.2, 0) is 23.9 Å². The van der Waals surface area contributed by atoms with Crippen molar-refractivity contribution in [2.45, 2.75) is 105 Å². The lowest BCUT2D eigenvalue weighted by Crippen LogP contribution is -2.60. The molecule has 0 aromatic heterocycles. The van der Waals surface area contributed by atoms with Crippen LogP contribution in [0, 0.1) is 19.8 Å². The summed E-state index contributed by atoms with van der Waals surface area (Å²) in [6, 6.07) is 3.70. The van der Waals surface area contributed by atoms with Crippen molar-refractivity contribution in [3.8, 4) is 0 Å². The second-order valence-corrected chi connectivity index (χ2v) is 11.5. The average Bonchev–Trinajstić information content (AvgIpc) is 2.81. The summed E-state index contributed by atoms with van der Waals surface area (Å²) in [5.41, 5.74) is 0.935. The number of nitrogens with zero attached hydrogens (tertiary/aromatic N) is 1. The third-order valence-corrected chi connectivity index (χ3v) is 6.61. The second kappa shape index (κ2) is 13.6. The van der Waals surface area contributed by atoms with Gasteiger partial charge in [-0.05, 0) is 66.4 Å². The van der Waals surface area contributed by atoms with Crippen molar-refractivity contribution in [3.05, 3.63) is 34.9 Å². The average molecular weight is 534 g/mol. The normalized spacial score (nSPS) is 14.1. The van der Waals surface area contributed by atoms with Crippen LogP contribution in [0.5, 0.6) is 0 Å². The smallest absolute Gasteiger partial charge is 0.408 e. The first kappa shape index (κ1) is 32.9. The molecule has 0 saturated carbocycles. The maximum atomic E-state index is 14.4. The van der Waals surface area contributed by atoms with Crippen LogP contribution < -0.4 is 10.6 Å². The predicted octanol–water partition coefficient (Wildman–Crippen LogP) is 4.59. The number of ether oxygens (including phenoxy) is 2. The number of hydrogen-bond acceptors (Lipinski definition) is 6. The van der Waals surface area contributed by atoms with E-state index in [4.69, 9.17) is 9.47 Å². The van der Waals surface area contributed by atoms with E-state index < -0.39 is 47.1 Å². The van der Waals surface area contributed by atoms with Crippen molar-refractivity contribution in [3.63, 3.8) is 0 Å². The van der Waals surface area contributed by atoms with Gasteiger partial charge < -0.3 is 25.0 Å². The van der Waals surface area contributed by atoms with E-state index in [1.54, 1.807) is 25.7 Å². The van der Waals surface area contributed by atoms with E-state index in [9.17, 15) is 19.2 Å². The molecular formula is C29H47N3O6. The summed E-state index contributed by atoms with van der Waals surface area (Å²) in [4.78, 5) is 54.3. The monoisotopic (exact) mass is 533 g/mol. The van der Waals surface area contributed by atoms with Crippen molar-refractivity contribution in [2.24, 2.45) is 5.92 Å². The molecule has 0 fully saturated rings. The van der Waals surface area contributed by atoms with E-state index in [0.29, 0.717) is 18.4 Å². The highest BCUT2D eigenvalue weighted by Crippen LogP contribution is 2.34. The van der Waals surface area contributed by atoms with Crippen molar-refractivity contribution < 1.29 is 28.7 Å². The van der Waals surface area contributed by atoms with Crippen LogP contribution in [0.15, 0.2) is 18.2 Å². The standard InChI is InChI=1S/C29H47N3O6/c1-12-20(5)23(31-27(36)38-28(6,7)8)26(35)32(29(9,10)13-2)24(25(34)30-17-22(33)37-11)21-15-18(3)14-19(4)16-21/h14-16,20,23-24H,12-13,17H2,1-11H3,(H,30,34)(H,31,36). The molecule has 9 nitrogen and oxygen atoms in total. The number of carbonyl (C=O) groups excluding carboxylic acids is 4. The molecule has 1 aromatic carbocycles. The number of aryl methyl sites for hydroxylation is 2. The minimum atomic E-state index is -1.06. The SMILES string of the molecule is CCC(C)C(NC(=O)OC(C)(C)C)C(=O)N(C(C(=O)NCC(=O)OC)c1cc(C)cc(C)c1)C(C)(C)CC. The first-order valence-corrected chi connectivity index (χ1v) is 13.2. The van der Waals surface area contributed by atoms with E-state index in [-0.39, 0.29) is 12.5 Å². The molecule has 1 aromatic rings. The van der Waals surface area contributed by atoms with Crippen molar-refractivity contribution in [1.82, 2.24) is 15.5 Å². The van der Waals surface area contributed by atoms with Crippen LogP contribution in [0.3, 0.4) is 0 Å². The molecule has 214 valence electrons. The van der Waals surface area contributed by atoms with Gasteiger partial charge in [-0.3, -0.25) is 14.4 Å². The quantitative estimate of drug-likeness (QED) is 0.402. The molecule has 0 aliphatic heterocycles. The Hall–Kier alpha value is -3.10. The largest absolute Gasteiger partial charge is 0.468 e. The number of esters is 1. The van der Waals surface area contributed by atoms with Crippen LogP contribution in [0.25, 0.3) is 0 Å². The van der Waals surface area contributed by atoms with Gasteiger partial charge in [-0.25, -0.2) is 4.79 Å². The Kier molecular flexibility index (Phi) is 11.8. The van der Waals surface area contributed by atoms with Gasteiger partial charge in [-0.1, -0.05) is 56.5 Å². The highest BCUT2D eigenvalue weighted by molar-refractivity contribution is 5.94. The van der Waals surface area contributed by atoms with E-state index in [0.717, 1.165) is 11.1 Å². The van der Waals surface area contributed by atoms with Gasteiger partial charge in [-0.2, -0.15) is 0 Å². The zero-order valence-electron chi connectivity index (χ0n) is 25.0. The molecule has 2 N–H and O–H groups in total. The first-order valence-electron chi connectivity index (χ1n) is 13.2. The Labute approximate surface area is 228 Å². The van der Waals surface area contributed by atoms with Crippen LogP contribution in [0.2, 0.25) is 0 Å². The molecule has 1 rings (SSSR count). The summed E-state index contributed by atoms with van der Waals surface area (Å²) >= 11 is 0. The summed E-state index contributed by atoms with van der Waals surface area (Å²) in [6.45, 7) is 18.3. The number of rotatable bonds is 11. The third kappa shape index (κ3) is 9.33. The lowest BCUT2D eigenvalue weighted by atomic mass is 9.88. The minimum Gasteiger partial charge on any atom is -0.468 e.